The molecule has 1 aromatic heterocycles. The van der Waals surface area contributed by atoms with Gasteiger partial charge in [-0.15, -0.1) is 24.0 Å². The maximum absolute atomic E-state index is 5.34. The Bertz CT molecular complexity index is 611. The van der Waals surface area contributed by atoms with Gasteiger partial charge in [0, 0.05) is 39.3 Å². The van der Waals surface area contributed by atoms with E-state index >= 15 is 0 Å². The Morgan fingerprint density at radius 3 is 2.67 bits per heavy atom. The Labute approximate surface area is 161 Å². The van der Waals surface area contributed by atoms with Crippen LogP contribution in [0.4, 0.5) is 5.69 Å². The minimum Gasteiger partial charge on any atom is -0.469 e. The number of nitrogens with zero attached hydrogens (tertiary/aromatic N) is 2. The van der Waals surface area contributed by atoms with E-state index in [9.17, 15) is 0 Å². The summed E-state index contributed by atoms with van der Waals surface area (Å²) >= 11 is 0. The number of guanidine groups is 1. The van der Waals surface area contributed by atoms with Gasteiger partial charge in [-0.1, -0.05) is 12.1 Å². The maximum atomic E-state index is 5.34. The molecule has 0 aliphatic carbocycles. The molecule has 0 aliphatic heterocycles. The van der Waals surface area contributed by atoms with Gasteiger partial charge in [0.25, 0.3) is 0 Å². The van der Waals surface area contributed by atoms with E-state index in [2.05, 4.69) is 51.7 Å². The molecule has 0 aliphatic rings. The van der Waals surface area contributed by atoms with Crippen molar-refractivity contribution in [1.29, 1.82) is 0 Å². The van der Waals surface area contributed by atoms with Crippen LogP contribution in [0.3, 0.4) is 0 Å². The highest BCUT2D eigenvalue weighted by Crippen LogP contribution is 2.13. The number of hydrogen-bond acceptors (Lipinski definition) is 3. The number of aliphatic imine (C=N–C) groups is 1. The van der Waals surface area contributed by atoms with Crippen LogP contribution in [-0.2, 0) is 13.0 Å². The lowest BCUT2D eigenvalue weighted by Crippen LogP contribution is -2.38. The fraction of sp³-hybridized carbons (Fsp3) is 0.389. The molecule has 0 amide bonds. The van der Waals surface area contributed by atoms with E-state index in [1.807, 2.05) is 26.2 Å². The number of halogens is 1. The zero-order valence-electron chi connectivity index (χ0n) is 14.6. The lowest BCUT2D eigenvalue weighted by molar-refractivity contribution is 0.507. The van der Waals surface area contributed by atoms with E-state index in [0.29, 0.717) is 6.54 Å². The molecule has 0 atom stereocenters. The molecule has 0 saturated carbocycles. The molecular formula is C18H27IN4O. The van der Waals surface area contributed by atoms with Crippen LogP contribution in [0.1, 0.15) is 18.2 Å². The highest BCUT2D eigenvalue weighted by atomic mass is 127. The van der Waals surface area contributed by atoms with E-state index in [4.69, 9.17) is 4.42 Å². The van der Waals surface area contributed by atoms with Crippen LogP contribution in [0.2, 0.25) is 0 Å². The van der Waals surface area contributed by atoms with Gasteiger partial charge in [-0.2, -0.15) is 0 Å². The number of anilines is 1. The van der Waals surface area contributed by atoms with Gasteiger partial charge in [-0.25, -0.2) is 4.99 Å². The van der Waals surface area contributed by atoms with Crippen LogP contribution in [0.5, 0.6) is 0 Å². The highest BCUT2D eigenvalue weighted by molar-refractivity contribution is 14.0. The summed E-state index contributed by atoms with van der Waals surface area (Å²) in [6.07, 6.45) is 2.54. The number of furan rings is 1. The van der Waals surface area contributed by atoms with Crippen LogP contribution < -0.4 is 15.5 Å². The third-order valence-electron chi connectivity index (χ3n) is 3.43. The summed E-state index contributed by atoms with van der Waals surface area (Å²) in [6, 6.07) is 12.3. The molecule has 0 bridgehead atoms. The number of rotatable bonds is 7. The van der Waals surface area contributed by atoms with Gasteiger partial charge in [0.15, 0.2) is 5.96 Å². The fourth-order valence-corrected chi connectivity index (χ4v) is 2.20. The molecule has 2 aromatic rings. The predicted octanol–water partition coefficient (Wildman–Crippen LogP) is 3.26. The van der Waals surface area contributed by atoms with Crippen molar-refractivity contribution in [2.45, 2.75) is 19.9 Å². The monoisotopic (exact) mass is 442 g/mol. The highest BCUT2D eigenvalue weighted by Gasteiger charge is 2.01. The summed E-state index contributed by atoms with van der Waals surface area (Å²) in [7, 11) is 4.09. The molecule has 0 spiro atoms. The molecule has 24 heavy (non-hydrogen) atoms. The van der Waals surface area contributed by atoms with Crippen molar-refractivity contribution >= 4 is 35.6 Å². The van der Waals surface area contributed by atoms with E-state index in [1.165, 1.54) is 11.3 Å². The summed E-state index contributed by atoms with van der Waals surface area (Å²) in [5.41, 5.74) is 2.38. The first-order valence-electron chi connectivity index (χ1n) is 8.00. The second kappa shape index (κ2) is 11.0. The predicted molar refractivity (Wildman–Crippen MR) is 111 cm³/mol. The fourth-order valence-electron chi connectivity index (χ4n) is 2.20. The Kier molecular flexibility index (Phi) is 9.29. The third kappa shape index (κ3) is 6.82. The van der Waals surface area contributed by atoms with E-state index in [-0.39, 0.29) is 24.0 Å². The van der Waals surface area contributed by atoms with Gasteiger partial charge in [0.05, 0.1) is 12.8 Å². The van der Waals surface area contributed by atoms with Crippen molar-refractivity contribution < 1.29 is 4.42 Å². The van der Waals surface area contributed by atoms with Crippen molar-refractivity contribution in [3.63, 3.8) is 0 Å². The number of hydrogen-bond donors (Lipinski definition) is 2. The van der Waals surface area contributed by atoms with Crippen molar-refractivity contribution in [2.75, 3.05) is 32.1 Å². The van der Waals surface area contributed by atoms with Gasteiger partial charge in [0.2, 0.25) is 0 Å². The minimum atomic E-state index is 0. The maximum Gasteiger partial charge on any atom is 0.191 e. The molecule has 5 nitrogen and oxygen atoms in total. The summed E-state index contributed by atoms with van der Waals surface area (Å²) in [5.74, 6) is 1.81. The first-order valence-corrected chi connectivity index (χ1v) is 8.00. The molecular weight excluding hydrogens is 415 g/mol. The van der Waals surface area contributed by atoms with Crippen LogP contribution in [0.15, 0.2) is 52.1 Å². The number of benzene rings is 1. The normalized spacial score (nSPS) is 10.9. The van der Waals surface area contributed by atoms with Crippen LogP contribution in [0.25, 0.3) is 0 Å². The van der Waals surface area contributed by atoms with E-state index in [1.54, 1.807) is 6.26 Å². The molecule has 0 unspecified atom stereocenters. The van der Waals surface area contributed by atoms with E-state index in [0.717, 1.165) is 31.2 Å². The molecule has 1 aromatic carbocycles. The second-order valence-corrected chi connectivity index (χ2v) is 5.52. The quantitative estimate of drug-likeness (QED) is 0.393. The molecule has 6 heteroatoms. The van der Waals surface area contributed by atoms with Crippen LogP contribution >= 0.6 is 24.0 Å². The summed E-state index contributed by atoms with van der Waals surface area (Å²) in [4.78, 5) is 6.75. The zero-order valence-corrected chi connectivity index (χ0v) is 16.9. The Morgan fingerprint density at radius 2 is 2.00 bits per heavy atom. The SMILES string of the molecule is CCNC(=NCc1cccc(N(C)C)c1)NCCc1ccco1.I. The minimum absolute atomic E-state index is 0. The molecule has 2 rings (SSSR count). The molecule has 132 valence electrons. The molecule has 2 N–H and O–H groups in total. The Morgan fingerprint density at radius 1 is 1.17 bits per heavy atom. The lowest BCUT2D eigenvalue weighted by atomic mass is 10.2. The van der Waals surface area contributed by atoms with E-state index < -0.39 is 0 Å². The number of nitrogens with one attached hydrogen (secondary N) is 2. The van der Waals surface area contributed by atoms with Gasteiger partial charge in [0.1, 0.15) is 5.76 Å². The molecule has 0 saturated heterocycles. The molecule has 0 radical (unpaired) electrons. The Balaban J connectivity index is 0.00000288. The standard InChI is InChI=1S/C18H26N4O.HI/c1-4-19-18(20-11-10-17-9-6-12-23-17)21-14-15-7-5-8-16(13-15)22(2)3;/h5-9,12-13H,4,10-11,14H2,1-3H3,(H2,19,20,21);1H. The van der Waals surface area contributed by atoms with Gasteiger partial charge in [-0.05, 0) is 36.8 Å². The first kappa shape index (κ1) is 20.3. The van der Waals surface area contributed by atoms with Crippen molar-refractivity contribution in [1.82, 2.24) is 10.6 Å². The smallest absolute Gasteiger partial charge is 0.191 e. The van der Waals surface area contributed by atoms with Crippen molar-refractivity contribution in [2.24, 2.45) is 4.99 Å². The van der Waals surface area contributed by atoms with Crippen molar-refractivity contribution in [3.05, 3.63) is 54.0 Å². The average Bonchev–Trinajstić information content (AvgIpc) is 3.06. The average molecular weight is 442 g/mol. The molecule has 1 heterocycles. The summed E-state index contributed by atoms with van der Waals surface area (Å²) < 4.78 is 5.34. The first-order chi connectivity index (χ1) is 11.2. The van der Waals surface area contributed by atoms with Crippen LogP contribution in [0, 0.1) is 0 Å². The zero-order chi connectivity index (χ0) is 16.5. The topological polar surface area (TPSA) is 52.8 Å². The van der Waals surface area contributed by atoms with Gasteiger partial charge >= 0.3 is 0 Å². The second-order valence-electron chi connectivity index (χ2n) is 5.52. The van der Waals surface area contributed by atoms with Gasteiger partial charge < -0.3 is 20.0 Å². The molecule has 0 fully saturated rings. The summed E-state index contributed by atoms with van der Waals surface area (Å²) in [5, 5.41) is 6.60. The third-order valence-corrected chi connectivity index (χ3v) is 3.43. The van der Waals surface area contributed by atoms with Gasteiger partial charge in [-0.3, -0.25) is 0 Å². The van der Waals surface area contributed by atoms with Crippen molar-refractivity contribution in [3.8, 4) is 0 Å². The Hall–Kier alpha value is -1.70. The van der Waals surface area contributed by atoms with Crippen LogP contribution in [-0.4, -0.2) is 33.1 Å². The lowest BCUT2D eigenvalue weighted by Gasteiger charge is -2.14. The summed E-state index contributed by atoms with van der Waals surface area (Å²) in [6.45, 7) is 4.34. The largest absolute Gasteiger partial charge is 0.469 e.